The van der Waals surface area contributed by atoms with Crippen LogP contribution in [-0.2, 0) is 6.16 Å². The van der Waals surface area contributed by atoms with E-state index in [1.165, 1.54) is 5.56 Å². The van der Waals surface area contributed by atoms with Gasteiger partial charge in [0.25, 0.3) is 0 Å². The van der Waals surface area contributed by atoms with Crippen molar-refractivity contribution in [1.82, 2.24) is 0 Å². The summed E-state index contributed by atoms with van der Waals surface area (Å²) in [6.45, 7) is 0. The molecule has 1 atom stereocenters. The van der Waals surface area contributed by atoms with Gasteiger partial charge < -0.3 is 4.74 Å². The summed E-state index contributed by atoms with van der Waals surface area (Å²) in [6.07, 6.45) is 0.978. The van der Waals surface area contributed by atoms with Crippen LogP contribution in [0.15, 0.2) is 54.6 Å². The molecule has 0 aromatic heterocycles. The Morgan fingerprint density at radius 1 is 0.800 bits per heavy atom. The van der Waals surface area contributed by atoms with Crippen molar-refractivity contribution in [3.63, 3.8) is 0 Å². The van der Waals surface area contributed by atoms with Gasteiger partial charge in [-0.1, -0.05) is 30.3 Å². The van der Waals surface area contributed by atoms with Crippen LogP contribution in [-0.4, -0.2) is 0 Å². The van der Waals surface area contributed by atoms with Gasteiger partial charge >= 0.3 is 0 Å². The van der Waals surface area contributed by atoms with E-state index in [2.05, 4.69) is 21.4 Å². The van der Waals surface area contributed by atoms with Crippen molar-refractivity contribution in [3.05, 3.63) is 60.2 Å². The zero-order valence-electron chi connectivity index (χ0n) is 8.39. The molecule has 0 aliphatic heterocycles. The summed E-state index contributed by atoms with van der Waals surface area (Å²) < 4.78 is 5.67. The van der Waals surface area contributed by atoms with Crippen molar-refractivity contribution in [3.8, 4) is 11.5 Å². The lowest BCUT2D eigenvalue weighted by Crippen LogP contribution is -1.84. The number of ether oxygens (including phenoxy) is 1. The molecule has 0 spiro atoms. The third kappa shape index (κ3) is 2.81. The van der Waals surface area contributed by atoms with Crippen molar-refractivity contribution >= 4 is 9.24 Å². The first-order valence-corrected chi connectivity index (χ1v) is 5.72. The van der Waals surface area contributed by atoms with Crippen LogP contribution < -0.4 is 4.74 Å². The minimum absolute atomic E-state index is 0.871. The largest absolute Gasteiger partial charge is 0.457 e. The van der Waals surface area contributed by atoms with Gasteiger partial charge in [-0.15, -0.1) is 9.24 Å². The zero-order valence-corrected chi connectivity index (χ0v) is 9.54. The molecule has 0 saturated heterocycles. The van der Waals surface area contributed by atoms with Gasteiger partial charge in [0.2, 0.25) is 0 Å². The third-order valence-electron chi connectivity index (χ3n) is 2.14. The number of para-hydroxylation sites is 1. The lowest BCUT2D eigenvalue weighted by molar-refractivity contribution is 0.482. The fraction of sp³-hybridized carbons (Fsp3) is 0.0769. The average molecular weight is 216 g/mol. The van der Waals surface area contributed by atoms with Crippen molar-refractivity contribution in [2.75, 3.05) is 0 Å². The summed E-state index contributed by atoms with van der Waals surface area (Å²) in [5.74, 6) is 1.75. The molecule has 0 aliphatic rings. The third-order valence-corrected chi connectivity index (χ3v) is 2.61. The molecule has 2 heteroatoms. The number of hydrogen-bond acceptors (Lipinski definition) is 1. The van der Waals surface area contributed by atoms with E-state index in [0.717, 1.165) is 17.7 Å². The Bertz CT molecular complexity index is 408. The monoisotopic (exact) mass is 216 g/mol. The molecule has 0 aliphatic carbocycles. The Kier molecular flexibility index (Phi) is 3.37. The lowest BCUT2D eigenvalue weighted by atomic mass is 10.2. The van der Waals surface area contributed by atoms with E-state index in [-0.39, 0.29) is 0 Å². The SMILES string of the molecule is PCc1ccc(Oc2ccccc2)cc1. The van der Waals surface area contributed by atoms with Crippen LogP contribution in [0.4, 0.5) is 0 Å². The predicted octanol–water partition coefficient (Wildman–Crippen LogP) is 3.85. The summed E-state index contributed by atoms with van der Waals surface area (Å²) in [5, 5.41) is 0. The van der Waals surface area contributed by atoms with Gasteiger partial charge in [-0.3, -0.25) is 0 Å². The molecular weight excluding hydrogens is 203 g/mol. The predicted molar refractivity (Wildman–Crippen MR) is 66.4 cm³/mol. The van der Waals surface area contributed by atoms with Crippen LogP contribution in [0.5, 0.6) is 11.5 Å². The first kappa shape index (κ1) is 10.2. The molecule has 15 heavy (non-hydrogen) atoms. The second kappa shape index (κ2) is 4.95. The summed E-state index contributed by atoms with van der Waals surface area (Å²) in [5.41, 5.74) is 1.29. The molecule has 1 unspecified atom stereocenters. The van der Waals surface area contributed by atoms with E-state index in [1.807, 2.05) is 42.5 Å². The second-order valence-corrected chi connectivity index (χ2v) is 3.67. The Balaban J connectivity index is 2.11. The second-order valence-electron chi connectivity index (χ2n) is 3.26. The fourth-order valence-corrected chi connectivity index (χ4v) is 1.59. The summed E-state index contributed by atoms with van der Waals surface area (Å²) in [4.78, 5) is 0. The molecule has 0 heterocycles. The Labute approximate surface area is 92.3 Å². The summed E-state index contributed by atoms with van der Waals surface area (Å²) in [6, 6.07) is 17.9. The van der Waals surface area contributed by atoms with Gasteiger partial charge in [0.05, 0.1) is 0 Å². The molecule has 0 bridgehead atoms. The molecule has 76 valence electrons. The highest BCUT2D eigenvalue weighted by atomic mass is 31.0. The van der Waals surface area contributed by atoms with Crippen LogP contribution in [0.3, 0.4) is 0 Å². The fourth-order valence-electron chi connectivity index (χ4n) is 1.32. The van der Waals surface area contributed by atoms with Gasteiger partial charge in [0.15, 0.2) is 0 Å². The van der Waals surface area contributed by atoms with Crippen LogP contribution in [0.1, 0.15) is 5.56 Å². The molecule has 2 aromatic rings. The standard InChI is InChI=1S/C13H13OP/c15-10-11-6-8-13(9-7-11)14-12-4-2-1-3-5-12/h1-9H,10,15H2. The molecule has 0 radical (unpaired) electrons. The van der Waals surface area contributed by atoms with Crippen LogP contribution in [0, 0.1) is 0 Å². The Morgan fingerprint density at radius 2 is 1.40 bits per heavy atom. The Morgan fingerprint density at radius 3 is 2.00 bits per heavy atom. The molecule has 1 nitrogen and oxygen atoms in total. The quantitative estimate of drug-likeness (QED) is 0.708. The van der Waals surface area contributed by atoms with Gasteiger partial charge in [-0.2, -0.15) is 0 Å². The minimum Gasteiger partial charge on any atom is -0.457 e. The van der Waals surface area contributed by atoms with Crippen LogP contribution in [0.2, 0.25) is 0 Å². The van der Waals surface area contributed by atoms with Crippen molar-refractivity contribution in [2.24, 2.45) is 0 Å². The number of hydrogen-bond donors (Lipinski definition) is 0. The van der Waals surface area contributed by atoms with E-state index in [0.29, 0.717) is 0 Å². The number of benzene rings is 2. The van der Waals surface area contributed by atoms with Crippen molar-refractivity contribution in [2.45, 2.75) is 6.16 Å². The van der Waals surface area contributed by atoms with Gasteiger partial charge in [0.1, 0.15) is 11.5 Å². The average Bonchev–Trinajstić information content (AvgIpc) is 2.31. The van der Waals surface area contributed by atoms with Gasteiger partial charge in [-0.05, 0) is 36.0 Å². The van der Waals surface area contributed by atoms with E-state index < -0.39 is 0 Å². The van der Waals surface area contributed by atoms with E-state index in [9.17, 15) is 0 Å². The number of rotatable bonds is 3. The van der Waals surface area contributed by atoms with Gasteiger partial charge in [0, 0.05) is 0 Å². The molecule has 2 rings (SSSR count). The molecule has 0 saturated carbocycles. The first-order valence-electron chi connectivity index (χ1n) is 4.90. The molecule has 0 N–H and O–H groups in total. The van der Waals surface area contributed by atoms with E-state index >= 15 is 0 Å². The highest BCUT2D eigenvalue weighted by Gasteiger charge is 1.95. The molecule has 0 amide bonds. The Hall–Kier alpha value is -1.33. The minimum atomic E-state index is 0.871. The maximum absolute atomic E-state index is 5.67. The highest BCUT2D eigenvalue weighted by molar-refractivity contribution is 7.15. The first-order chi connectivity index (χ1) is 7.38. The molecule has 2 aromatic carbocycles. The molecular formula is C13H13OP. The van der Waals surface area contributed by atoms with Gasteiger partial charge in [-0.25, -0.2) is 0 Å². The zero-order chi connectivity index (χ0) is 10.5. The summed E-state index contributed by atoms with van der Waals surface area (Å²) >= 11 is 0. The van der Waals surface area contributed by atoms with E-state index in [1.54, 1.807) is 0 Å². The van der Waals surface area contributed by atoms with Crippen LogP contribution >= 0.6 is 9.24 Å². The topological polar surface area (TPSA) is 9.23 Å². The summed E-state index contributed by atoms with van der Waals surface area (Å²) in [7, 11) is 2.71. The van der Waals surface area contributed by atoms with Crippen LogP contribution in [0.25, 0.3) is 0 Å². The van der Waals surface area contributed by atoms with E-state index in [4.69, 9.17) is 4.74 Å². The smallest absolute Gasteiger partial charge is 0.127 e. The maximum Gasteiger partial charge on any atom is 0.127 e. The van der Waals surface area contributed by atoms with Crippen molar-refractivity contribution < 1.29 is 4.74 Å². The highest BCUT2D eigenvalue weighted by Crippen LogP contribution is 2.21. The maximum atomic E-state index is 5.67. The van der Waals surface area contributed by atoms with Crippen molar-refractivity contribution in [1.29, 1.82) is 0 Å². The lowest BCUT2D eigenvalue weighted by Gasteiger charge is -2.05. The normalized spacial score (nSPS) is 9.93. The molecule has 0 fully saturated rings.